The second kappa shape index (κ2) is 8.15. The van der Waals surface area contributed by atoms with Crippen LogP contribution in [0.4, 0.5) is 5.69 Å². The Hall–Kier alpha value is -2.82. The van der Waals surface area contributed by atoms with Crippen molar-refractivity contribution >= 4 is 17.5 Å². The fourth-order valence-corrected chi connectivity index (χ4v) is 2.29. The van der Waals surface area contributed by atoms with E-state index in [0.29, 0.717) is 24.6 Å². The lowest BCUT2D eigenvalue weighted by Gasteiger charge is -2.17. The number of carbonyl (C=O) groups excluding carboxylic acids is 2. The van der Waals surface area contributed by atoms with Gasteiger partial charge in [0.15, 0.2) is 0 Å². The molecule has 0 heterocycles. The smallest absolute Gasteiger partial charge is 0.314 e. The fraction of sp³-hybridized carbons (Fsp3) is 0.263. The second-order valence-corrected chi connectivity index (χ2v) is 5.53. The molecule has 2 aromatic rings. The quantitative estimate of drug-likeness (QED) is 0.859. The van der Waals surface area contributed by atoms with Crippen LogP contribution < -0.4 is 10.1 Å². The van der Waals surface area contributed by atoms with Crippen molar-refractivity contribution in [2.75, 3.05) is 19.0 Å². The molecule has 0 aliphatic rings. The van der Waals surface area contributed by atoms with Crippen molar-refractivity contribution in [3.05, 3.63) is 59.7 Å². The van der Waals surface area contributed by atoms with Crippen molar-refractivity contribution in [3.8, 4) is 5.75 Å². The number of aryl methyl sites for hydroxylation is 1. The van der Waals surface area contributed by atoms with Crippen LogP contribution >= 0.6 is 0 Å². The van der Waals surface area contributed by atoms with E-state index in [1.807, 2.05) is 56.3 Å². The van der Waals surface area contributed by atoms with Crippen molar-refractivity contribution in [3.63, 3.8) is 0 Å². The first-order chi connectivity index (χ1) is 11.5. The number of ether oxygens (including phenoxy) is 1. The van der Waals surface area contributed by atoms with Gasteiger partial charge in [-0.15, -0.1) is 0 Å². The van der Waals surface area contributed by atoms with E-state index in [2.05, 4.69) is 5.32 Å². The van der Waals surface area contributed by atoms with Crippen LogP contribution in [0.5, 0.6) is 5.75 Å². The Morgan fingerprint density at radius 1 is 1.12 bits per heavy atom. The van der Waals surface area contributed by atoms with E-state index >= 15 is 0 Å². The highest BCUT2D eigenvalue weighted by atomic mass is 16.5. The van der Waals surface area contributed by atoms with Gasteiger partial charge in [-0.3, -0.25) is 9.59 Å². The third-order valence-electron chi connectivity index (χ3n) is 3.49. The number of hydrogen-bond donors (Lipinski definition) is 1. The van der Waals surface area contributed by atoms with Gasteiger partial charge >= 0.3 is 11.8 Å². The molecule has 1 N–H and O–H groups in total. The highest BCUT2D eigenvalue weighted by Crippen LogP contribution is 2.25. The predicted octanol–water partition coefficient (Wildman–Crippen LogP) is 2.99. The van der Waals surface area contributed by atoms with Crippen LogP contribution in [0.2, 0.25) is 0 Å². The normalized spacial score (nSPS) is 10.1. The van der Waals surface area contributed by atoms with Crippen LogP contribution in [0.15, 0.2) is 48.5 Å². The van der Waals surface area contributed by atoms with Gasteiger partial charge in [0.2, 0.25) is 0 Å². The number of hydrogen-bond acceptors (Lipinski definition) is 3. The molecule has 0 atom stereocenters. The largest absolute Gasteiger partial charge is 0.492 e. The fourth-order valence-electron chi connectivity index (χ4n) is 2.29. The first-order valence-electron chi connectivity index (χ1n) is 7.85. The lowest BCUT2D eigenvalue weighted by molar-refractivity contribution is -0.142. The average Bonchev–Trinajstić information content (AvgIpc) is 2.57. The van der Waals surface area contributed by atoms with Crippen LogP contribution in [-0.2, 0) is 16.1 Å². The molecule has 5 heteroatoms. The average molecular weight is 326 g/mol. The summed E-state index contributed by atoms with van der Waals surface area (Å²) in [7, 11) is 1.60. The Labute approximate surface area is 142 Å². The third-order valence-corrected chi connectivity index (χ3v) is 3.49. The molecule has 0 radical (unpaired) electrons. The van der Waals surface area contributed by atoms with Crippen LogP contribution in [0, 0.1) is 6.92 Å². The molecular weight excluding hydrogens is 304 g/mol. The molecule has 0 saturated heterocycles. The Morgan fingerprint density at radius 3 is 2.50 bits per heavy atom. The molecule has 5 nitrogen and oxygen atoms in total. The van der Waals surface area contributed by atoms with Crippen LogP contribution in [0.25, 0.3) is 0 Å². The molecule has 0 spiro atoms. The maximum Gasteiger partial charge on any atom is 0.314 e. The molecule has 0 unspecified atom stereocenters. The van der Waals surface area contributed by atoms with Crippen LogP contribution in [0.3, 0.4) is 0 Å². The van der Waals surface area contributed by atoms with E-state index in [1.165, 1.54) is 4.90 Å². The van der Waals surface area contributed by atoms with Gasteiger partial charge < -0.3 is 15.0 Å². The minimum absolute atomic E-state index is 0.374. The van der Waals surface area contributed by atoms with Crippen LogP contribution in [0.1, 0.15) is 18.1 Å². The Bertz CT molecular complexity index is 714. The summed E-state index contributed by atoms with van der Waals surface area (Å²) in [5.41, 5.74) is 2.48. The highest BCUT2D eigenvalue weighted by molar-refractivity contribution is 6.39. The second-order valence-electron chi connectivity index (χ2n) is 5.53. The number of likely N-dealkylation sites (N-methyl/N-ethyl adjacent to an activating group) is 1. The minimum Gasteiger partial charge on any atom is -0.492 e. The summed E-state index contributed by atoms with van der Waals surface area (Å²) in [5, 5.41) is 2.63. The zero-order chi connectivity index (χ0) is 17.5. The lowest BCUT2D eigenvalue weighted by Crippen LogP contribution is -2.36. The van der Waals surface area contributed by atoms with E-state index in [9.17, 15) is 9.59 Å². The molecular formula is C19H22N2O3. The number of benzene rings is 2. The van der Waals surface area contributed by atoms with Gasteiger partial charge in [-0.05, 0) is 37.1 Å². The predicted molar refractivity (Wildman–Crippen MR) is 93.9 cm³/mol. The van der Waals surface area contributed by atoms with Crippen LogP contribution in [-0.4, -0.2) is 30.4 Å². The summed E-state index contributed by atoms with van der Waals surface area (Å²) < 4.78 is 5.51. The standard InChI is InChI=1S/C19H22N2O3/c1-4-24-17-12-14(2)10-11-16(17)20-18(22)19(23)21(3)13-15-8-6-5-7-9-15/h5-12H,4,13H2,1-3H3,(H,20,22). The van der Waals surface area contributed by atoms with E-state index < -0.39 is 11.8 Å². The van der Waals surface area contributed by atoms with Gasteiger partial charge in [-0.2, -0.15) is 0 Å². The summed E-state index contributed by atoms with van der Waals surface area (Å²) in [6, 6.07) is 15.0. The van der Waals surface area contributed by atoms with Gasteiger partial charge in [0.1, 0.15) is 5.75 Å². The minimum atomic E-state index is -0.682. The number of carbonyl (C=O) groups is 2. The molecule has 0 saturated carbocycles. The Kier molecular flexibility index (Phi) is 5.95. The van der Waals surface area contributed by atoms with Gasteiger partial charge in [-0.25, -0.2) is 0 Å². The number of amides is 2. The lowest BCUT2D eigenvalue weighted by atomic mass is 10.2. The van der Waals surface area contributed by atoms with Gasteiger partial charge in [0, 0.05) is 13.6 Å². The number of anilines is 1. The van der Waals surface area contributed by atoms with E-state index in [4.69, 9.17) is 4.74 Å². The molecule has 0 bridgehead atoms. The Balaban J connectivity index is 2.05. The first-order valence-corrected chi connectivity index (χ1v) is 7.85. The first kappa shape index (κ1) is 17.5. The van der Waals surface area contributed by atoms with Crippen molar-refractivity contribution in [2.24, 2.45) is 0 Å². The SMILES string of the molecule is CCOc1cc(C)ccc1NC(=O)C(=O)N(C)Cc1ccccc1. The Morgan fingerprint density at radius 2 is 1.83 bits per heavy atom. The van der Waals surface area contributed by atoms with Crippen molar-refractivity contribution in [2.45, 2.75) is 20.4 Å². The summed E-state index contributed by atoms with van der Waals surface area (Å²) in [5.74, 6) is -0.718. The topological polar surface area (TPSA) is 58.6 Å². The summed E-state index contributed by atoms with van der Waals surface area (Å²) >= 11 is 0. The maximum atomic E-state index is 12.3. The monoisotopic (exact) mass is 326 g/mol. The molecule has 2 rings (SSSR count). The molecule has 126 valence electrons. The number of rotatable bonds is 5. The van der Waals surface area contributed by atoms with Crippen molar-refractivity contribution in [1.82, 2.24) is 4.90 Å². The zero-order valence-electron chi connectivity index (χ0n) is 14.2. The van der Waals surface area contributed by atoms with E-state index in [1.54, 1.807) is 13.1 Å². The van der Waals surface area contributed by atoms with E-state index in [-0.39, 0.29) is 0 Å². The molecule has 0 aromatic heterocycles. The molecule has 2 amide bonds. The third kappa shape index (κ3) is 4.59. The maximum absolute atomic E-state index is 12.3. The van der Waals surface area contributed by atoms with Crippen molar-refractivity contribution < 1.29 is 14.3 Å². The van der Waals surface area contributed by atoms with E-state index in [0.717, 1.165) is 11.1 Å². The molecule has 24 heavy (non-hydrogen) atoms. The zero-order valence-corrected chi connectivity index (χ0v) is 14.2. The molecule has 0 fully saturated rings. The number of nitrogens with zero attached hydrogens (tertiary/aromatic N) is 1. The summed E-state index contributed by atoms with van der Waals surface area (Å²) in [6.07, 6.45) is 0. The highest BCUT2D eigenvalue weighted by Gasteiger charge is 2.20. The van der Waals surface area contributed by atoms with Gasteiger partial charge in [0.05, 0.1) is 12.3 Å². The summed E-state index contributed by atoms with van der Waals surface area (Å²) in [4.78, 5) is 25.9. The van der Waals surface area contributed by atoms with Gasteiger partial charge in [-0.1, -0.05) is 36.4 Å². The molecule has 2 aromatic carbocycles. The number of nitrogens with one attached hydrogen (secondary N) is 1. The molecule has 0 aliphatic heterocycles. The molecule has 0 aliphatic carbocycles. The van der Waals surface area contributed by atoms with Gasteiger partial charge in [0.25, 0.3) is 0 Å². The van der Waals surface area contributed by atoms with Crippen molar-refractivity contribution in [1.29, 1.82) is 0 Å². The summed E-state index contributed by atoms with van der Waals surface area (Å²) in [6.45, 7) is 4.66.